The molecular weight excluding hydrogens is 424 g/mol. The van der Waals surface area contributed by atoms with Gasteiger partial charge in [0.1, 0.15) is 6.04 Å². The lowest BCUT2D eigenvalue weighted by Gasteiger charge is -2.26. The predicted octanol–water partition coefficient (Wildman–Crippen LogP) is 5.47. The molecule has 5 nitrogen and oxygen atoms in total. The van der Waals surface area contributed by atoms with Crippen LogP contribution < -0.4 is 0 Å². The third kappa shape index (κ3) is 5.69. The van der Waals surface area contributed by atoms with Crippen LogP contribution in [-0.2, 0) is 28.8 Å². The van der Waals surface area contributed by atoms with Crippen LogP contribution in [-0.4, -0.2) is 46.8 Å². The SMILES string of the molecule is O=C(O)C(c1ccccc1C1CC1)N1CC[C@@H](OCCCCCc2ccc3c(n2)CCCC3)C1. The van der Waals surface area contributed by atoms with Crippen LogP contribution in [0.3, 0.4) is 0 Å². The number of likely N-dealkylation sites (tertiary alicyclic amines) is 1. The van der Waals surface area contributed by atoms with Crippen molar-refractivity contribution in [2.75, 3.05) is 19.7 Å². The Morgan fingerprint density at radius 2 is 1.91 bits per heavy atom. The van der Waals surface area contributed by atoms with Gasteiger partial charge in [-0.05, 0) is 92.9 Å². The average molecular weight is 463 g/mol. The Balaban J connectivity index is 1.05. The molecule has 0 radical (unpaired) electrons. The largest absolute Gasteiger partial charge is 0.480 e. The summed E-state index contributed by atoms with van der Waals surface area (Å²) >= 11 is 0. The minimum absolute atomic E-state index is 0.136. The molecule has 182 valence electrons. The molecule has 2 atom stereocenters. The smallest absolute Gasteiger partial charge is 0.325 e. The molecule has 0 spiro atoms. The van der Waals surface area contributed by atoms with Gasteiger partial charge in [-0.1, -0.05) is 36.8 Å². The quantitative estimate of drug-likeness (QED) is 0.449. The molecule has 1 aromatic carbocycles. The van der Waals surface area contributed by atoms with E-state index in [0.717, 1.165) is 57.2 Å². The molecule has 1 saturated heterocycles. The van der Waals surface area contributed by atoms with Gasteiger partial charge in [0.2, 0.25) is 0 Å². The fraction of sp³-hybridized carbons (Fsp3) is 0.586. The highest BCUT2D eigenvalue weighted by molar-refractivity contribution is 5.76. The number of hydrogen-bond donors (Lipinski definition) is 1. The Kier molecular flexibility index (Phi) is 7.60. The van der Waals surface area contributed by atoms with Crippen molar-refractivity contribution in [3.63, 3.8) is 0 Å². The zero-order valence-electron chi connectivity index (χ0n) is 20.3. The number of benzene rings is 1. The van der Waals surface area contributed by atoms with Gasteiger partial charge in [0, 0.05) is 31.1 Å². The molecule has 1 N–H and O–H groups in total. The van der Waals surface area contributed by atoms with E-state index in [9.17, 15) is 9.90 Å². The maximum Gasteiger partial charge on any atom is 0.325 e. The molecule has 5 heteroatoms. The zero-order valence-corrected chi connectivity index (χ0v) is 20.3. The first-order valence-electron chi connectivity index (χ1n) is 13.3. The fourth-order valence-corrected chi connectivity index (χ4v) is 5.74. The van der Waals surface area contributed by atoms with Crippen LogP contribution in [0, 0.1) is 0 Å². The lowest BCUT2D eigenvalue weighted by atomic mass is 9.95. The number of pyridine rings is 1. The molecule has 0 bridgehead atoms. The van der Waals surface area contributed by atoms with Crippen molar-refractivity contribution in [2.24, 2.45) is 0 Å². The van der Waals surface area contributed by atoms with E-state index in [-0.39, 0.29) is 6.10 Å². The summed E-state index contributed by atoms with van der Waals surface area (Å²) in [5.74, 6) is -0.200. The lowest BCUT2D eigenvalue weighted by molar-refractivity contribution is -0.143. The highest BCUT2D eigenvalue weighted by Crippen LogP contribution is 2.44. The van der Waals surface area contributed by atoms with Crippen molar-refractivity contribution in [2.45, 2.75) is 88.7 Å². The maximum absolute atomic E-state index is 12.2. The van der Waals surface area contributed by atoms with E-state index >= 15 is 0 Å². The van der Waals surface area contributed by atoms with Crippen molar-refractivity contribution < 1.29 is 14.6 Å². The number of ether oxygens (including phenoxy) is 1. The Morgan fingerprint density at radius 1 is 1.06 bits per heavy atom. The molecule has 5 rings (SSSR count). The molecule has 2 aliphatic carbocycles. The molecule has 1 aliphatic heterocycles. The van der Waals surface area contributed by atoms with Gasteiger partial charge in [-0.25, -0.2) is 0 Å². The number of nitrogens with zero attached hydrogens (tertiary/aromatic N) is 2. The first-order valence-corrected chi connectivity index (χ1v) is 13.3. The van der Waals surface area contributed by atoms with Gasteiger partial charge >= 0.3 is 5.97 Å². The number of aliphatic carboxylic acids is 1. The molecule has 0 amide bonds. The van der Waals surface area contributed by atoms with Gasteiger partial charge in [-0.3, -0.25) is 14.7 Å². The summed E-state index contributed by atoms with van der Waals surface area (Å²) in [5, 5.41) is 10.0. The molecule has 2 aromatic rings. The molecule has 1 unspecified atom stereocenters. The van der Waals surface area contributed by atoms with Crippen LogP contribution in [0.5, 0.6) is 0 Å². The third-order valence-corrected chi connectivity index (χ3v) is 7.75. The van der Waals surface area contributed by atoms with Gasteiger partial charge in [-0.15, -0.1) is 0 Å². The van der Waals surface area contributed by atoms with Gasteiger partial charge in [0.25, 0.3) is 0 Å². The number of unbranched alkanes of at least 4 members (excludes halogenated alkanes) is 2. The molecule has 34 heavy (non-hydrogen) atoms. The van der Waals surface area contributed by atoms with Gasteiger partial charge < -0.3 is 9.84 Å². The number of fused-ring (bicyclic) bond motifs is 1. The third-order valence-electron chi connectivity index (χ3n) is 7.75. The van der Waals surface area contributed by atoms with Crippen molar-refractivity contribution in [3.05, 3.63) is 64.5 Å². The van der Waals surface area contributed by atoms with Crippen LogP contribution in [0.2, 0.25) is 0 Å². The monoisotopic (exact) mass is 462 g/mol. The maximum atomic E-state index is 12.2. The Morgan fingerprint density at radius 3 is 2.76 bits per heavy atom. The number of carboxylic acid groups (broad SMARTS) is 1. The van der Waals surface area contributed by atoms with E-state index in [4.69, 9.17) is 9.72 Å². The molecule has 1 aromatic heterocycles. The summed E-state index contributed by atoms with van der Waals surface area (Å²) in [7, 11) is 0. The second-order valence-corrected chi connectivity index (χ2v) is 10.3. The number of aromatic nitrogens is 1. The number of hydrogen-bond acceptors (Lipinski definition) is 4. The minimum atomic E-state index is -0.746. The van der Waals surface area contributed by atoms with Gasteiger partial charge in [0.15, 0.2) is 0 Å². The Hall–Kier alpha value is -2.24. The number of aryl methyl sites for hydroxylation is 3. The van der Waals surface area contributed by atoms with Crippen LogP contribution >= 0.6 is 0 Å². The van der Waals surface area contributed by atoms with Crippen molar-refractivity contribution in [1.29, 1.82) is 0 Å². The second-order valence-electron chi connectivity index (χ2n) is 10.3. The van der Waals surface area contributed by atoms with Crippen molar-refractivity contribution >= 4 is 5.97 Å². The highest BCUT2D eigenvalue weighted by atomic mass is 16.5. The fourth-order valence-electron chi connectivity index (χ4n) is 5.74. The molecule has 2 fully saturated rings. The standard InChI is InChI=1S/C29H38N2O3/c32-29(33)28(26-11-5-4-10-25(26)21-13-14-21)31-18-17-24(20-31)34-19-7-1-2-9-23-16-15-22-8-3-6-12-27(22)30-23/h4-5,10-11,15-16,21,24,28H,1-3,6-9,12-14,17-20H2,(H,32,33)/t24-,28?/m1/s1. The first-order chi connectivity index (χ1) is 16.7. The zero-order chi connectivity index (χ0) is 23.3. The van der Waals surface area contributed by atoms with E-state index in [1.165, 1.54) is 54.6 Å². The van der Waals surface area contributed by atoms with Gasteiger partial charge in [0.05, 0.1) is 6.10 Å². The minimum Gasteiger partial charge on any atom is -0.480 e. The summed E-state index contributed by atoms with van der Waals surface area (Å²) < 4.78 is 6.17. The predicted molar refractivity (Wildman–Crippen MR) is 133 cm³/mol. The van der Waals surface area contributed by atoms with E-state index < -0.39 is 12.0 Å². The number of rotatable bonds is 11. The summed E-state index contributed by atoms with van der Waals surface area (Å²) in [6, 6.07) is 12.1. The van der Waals surface area contributed by atoms with E-state index in [1.54, 1.807) is 0 Å². The Bertz CT molecular complexity index is 987. The Labute approximate surface area is 203 Å². The van der Waals surface area contributed by atoms with Crippen molar-refractivity contribution in [1.82, 2.24) is 9.88 Å². The van der Waals surface area contributed by atoms with E-state index in [1.807, 2.05) is 18.2 Å². The summed E-state index contributed by atoms with van der Waals surface area (Å²) in [5.41, 5.74) is 6.23. The lowest BCUT2D eigenvalue weighted by Crippen LogP contribution is -2.34. The summed E-state index contributed by atoms with van der Waals surface area (Å²) in [4.78, 5) is 19.2. The van der Waals surface area contributed by atoms with E-state index in [0.29, 0.717) is 12.5 Å². The van der Waals surface area contributed by atoms with Crippen LogP contribution in [0.25, 0.3) is 0 Å². The average Bonchev–Trinajstić information content (AvgIpc) is 3.60. The normalized spacial score (nSPS) is 21.4. The topological polar surface area (TPSA) is 62.7 Å². The van der Waals surface area contributed by atoms with Gasteiger partial charge in [-0.2, -0.15) is 0 Å². The molecule has 2 heterocycles. The first kappa shape index (κ1) is 23.5. The summed E-state index contributed by atoms with van der Waals surface area (Å²) in [6.07, 6.45) is 12.7. The number of carbonyl (C=O) groups is 1. The van der Waals surface area contributed by atoms with E-state index in [2.05, 4.69) is 23.1 Å². The highest BCUT2D eigenvalue weighted by Gasteiger charge is 2.37. The molecular formula is C29H38N2O3. The van der Waals surface area contributed by atoms with Crippen LogP contribution in [0.15, 0.2) is 36.4 Å². The molecule has 3 aliphatic rings. The second kappa shape index (κ2) is 11.0. The van der Waals surface area contributed by atoms with Crippen LogP contribution in [0.1, 0.15) is 91.4 Å². The van der Waals surface area contributed by atoms with Crippen LogP contribution in [0.4, 0.5) is 0 Å². The van der Waals surface area contributed by atoms with Crippen molar-refractivity contribution in [3.8, 4) is 0 Å². The summed E-state index contributed by atoms with van der Waals surface area (Å²) in [6.45, 7) is 2.24. The molecule has 1 saturated carbocycles. The number of carboxylic acids is 1.